The van der Waals surface area contributed by atoms with E-state index in [0.717, 1.165) is 16.7 Å². The summed E-state index contributed by atoms with van der Waals surface area (Å²) in [5.74, 6) is -0.584. The molecule has 0 aromatic heterocycles. The van der Waals surface area contributed by atoms with Crippen molar-refractivity contribution in [3.05, 3.63) is 83.4 Å². The first-order chi connectivity index (χ1) is 14.6. The Morgan fingerprint density at radius 2 is 1.53 bits per heavy atom. The van der Waals surface area contributed by atoms with Crippen LogP contribution in [0.1, 0.15) is 34.3 Å². The van der Waals surface area contributed by atoms with E-state index < -0.39 is 5.91 Å². The molecule has 0 atom stereocenters. The van der Waals surface area contributed by atoms with E-state index in [9.17, 15) is 14.4 Å². The van der Waals surface area contributed by atoms with Crippen molar-refractivity contribution in [2.24, 2.45) is 5.92 Å². The van der Waals surface area contributed by atoms with E-state index in [1.165, 1.54) is 17.6 Å². The molecule has 6 heteroatoms. The number of hydrogen-bond donors (Lipinski definition) is 2. The Bertz CT molecular complexity index is 958. The molecule has 0 bridgehead atoms. The summed E-state index contributed by atoms with van der Waals surface area (Å²) in [4.78, 5) is 37.9. The molecule has 2 amide bonds. The Morgan fingerprint density at radius 3 is 2.17 bits per heavy atom. The van der Waals surface area contributed by atoms with Crippen LogP contribution in [0, 0.1) is 5.92 Å². The maximum atomic E-state index is 12.6. The first kappa shape index (κ1) is 21.2. The van der Waals surface area contributed by atoms with Gasteiger partial charge in [-0.15, -0.1) is 0 Å². The Labute approximate surface area is 175 Å². The smallest absolute Gasteiger partial charge is 0.267 e. The minimum Gasteiger partial charge on any atom is -0.339 e. The molecular weight excluding hydrogens is 380 g/mol. The van der Waals surface area contributed by atoms with Gasteiger partial charge in [-0.2, -0.15) is 0 Å². The van der Waals surface area contributed by atoms with E-state index in [1.54, 1.807) is 17.1 Å². The molecule has 0 aliphatic carbocycles. The zero-order chi connectivity index (χ0) is 21.3. The van der Waals surface area contributed by atoms with E-state index in [0.29, 0.717) is 25.9 Å². The average molecular weight is 404 g/mol. The number of nitrogens with zero attached hydrogens (tertiary/aromatic N) is 1. The Hall–Kier alpha value is -3.51. The fraction of sp³-hybridized carbons (Fsp3) is 0.208. The molecule has 2 aromatic carbocycles. The molecule has 154 valence electrons. The van der Waals surface area contributed by atoms with E-state index in [1.807, 2.05) is 54.6 Å². The number of amides is 2. The number of rotatable bonds is 6. The lowest BCUT2D eigenvalue weighted by Crippen LogP contribution is -2.39. The molecule has 6 nitrogen and oxygen atoms in total. The number of Topliss-reactive ketones (excluding diaryl/α,β-unsaturated/α-hetero) is 1. The van der Waals surface area contributed by atoms with Crippen LogP contribution >= 0.6 is 0 Å². The molecule has 30 heavy (non-hydrogen) atoms. The molecule has 2 aromatic rings. The van der Waals surface area contributed by atoms with Crippen LogP contribution in [0.5, 0.6) is 0 Å². The first-order valence-corrected chi connectivity index (χ1v) is 9.85. The predicted octanol–water partition coefficient (Wildman–Crippen LogP) is 3.34. The fourth-order valence-corrected chi connectivity index (χ4v) is 3.45. The van der Waals surface area contributed by atoms with Crippen molar-refractivity contribution < 1.29 is 19.6 Å². The largest absolute Gasteiger partial charge is 0.339 e. The number of piperidine rings is 1. The summed E-state index contributed by atoms with van der Waals surface area (Å²) in [5.41, 5.74) is 3.86. The molecule has 1 saturated heterocycles. The molecule has 0 saturated carbocycles. The molecule has 1 aliphatic rings. The van der Waals surface area contributed by atoms with Crippen molar-refractivity contribution in [2.45, 2.75) is 12.8 Å². The van der Waals surface area contributed by atoms with Crippen LogP contribution in [0.4, 0.5) is 0 Å². The molecule has 0 spiro atoms. The molecule has 1 heterocycles. The SMILES string of the molecule is O=C(/C=C/c1cccc(/C=C/C(=O)N2CCC(C(=O)c3ccccc3)CC2)c1)NO. The monoisotopic (exact) mass is 404 g/mol. The van der Waals surface area contributed by atoms with Gasteiger partial charge in [0.15, 0.2) is 5.78 Å². The molecule has 3 rings (SSSR count). The predicted molar refractivity (Wildman–Crippen MR) is 115 cm³/mol. The van der Waals surface area contributed by atoms with Gasteiger partial charge in [-0.1, -0.05) is 48.5 Å². The van der Waals surface area contributed by atoms with E-state index in [2.05, 4.69) is 0 Å². The standard InChI is InChI=1S/C24H24N2O4/c27-22(25-30)11-9-18-5-4-6-19(17-18)10-12-23(28)26-15-13-21(14-16-26)24(29)20-7-2-1-3-8-20/h1-12,17,21,30H,13-16H2,(H,25,27)/b11-9+,12-10+. The van der Waals surface area contributed by atoms with Crippen molar-refractivity contribution in [2.75, 3.05) is 13.1 Å². The summed E-state index contributed by atoms with van der Waals surface area (Å²) in [7, 11) is 0. The maximum Gasteiger partial charge on any atom is 0.267 e. The molecule has 2 N–H and O–H groups in total. The topological polar surface area (TPSA) is 86.7 Å². The number of ketones is 1. The second-order valence-corrected chi connectivity index (χ2v) is 7.14. The number of nitrogens with one attached hydrogen (secondary N) is 1. The van der Waals surface area contributed by atoms with Crippen LogP contribution in [-0.2, 0) is 9.59 Å². The van der Waals surface area contributed by atoms with Crippen LogP contribution < -0.4 is 5.48 Å². The van der Waals surface area contributed by atoms with E-state index in [-0.39, 0.29) is 17.6 Å². The van der Waals surface area contributed by atoms with Crippen LogP contribution in [0.15, 0.2) is 66.7 Å². The maximum absolute atomic E-state index is 12.6. The lowest BCUT2D eigenvalue weighted by Gasteiger charge is -2.30. The van der Waals surface area contributed by atoms with Crippen LogP contribution in [-0.4, -0.2) is 40.8 Å². The first-order valence-electron chi connectivity index (χ1n) is 9.85. The van der Waals surface area contributed by atoms with Gasteiger partial charge in [-0.25, -0.2) is 5.48 Å². The third-order valence-corrected chi connectivity index (χ3v) is 5.10. The van der Waals surface area contributed by atoms with Gasteiger partial charge in [-0.05, 0) is 42.2 Å². The van der Waals surface area contributed by atoms with Gasteiger partial charge in [0, 0.05) is 36.7 Å². The van der Waals surface area contributed by atoms with Gasteiger partial charge in [0.05, 0.1) is 0 Å². The minimum absolute atomic E-state index is 0.0416. The van der Waals surface area contributed by atoms with E-state index >= 15 is 0 Å². The second kappa shape index (κ2) is 10.3. The Balaban J connectivity index is 1.54. The summed E-state index contributed by atoms with van der Waals surface area (Å²) in [6, 6.07) is 16.6. The van der Waals surface area contributed by atoms with Crippen molar-refractivity contribution in [1.82, 2.24) is 10.4 Å². The number of hydroxylamine groups is 1. The molecular formula is C24H24N2O4. The van der Waals surface area contributed by atoms with Gasteiger partial charge < -0.3 is 4.90 Å². The highest BCUT2D eigenvalue weighted by atomic mass is 16.5. The zero-order valence-corrected chi connectivity index (χ0v) is 16.5. The summed E-state index contributed by atoms with van der Waals surface area (Å²) >= 11 is 0. The van der Waals surface area contributed by atoms with Crippen LogP contribution in [0.25, 0.3) is 12.2 Å². The molecule has 1 fully saturated rings. The summed E-state index contributed by atoms with van der Waals surface area (Å²) < 4.78 is 0. The number of carbonyl (C=O) groups excluding carboxylic acids is 3. The zero-order valence-electron chi connectivity index (χ0n) is 16.5. The van der Waals surface area contributed by atoms with Crippen molar-refractivity contribution in [3.63, 3.8) is 0 Å². The lowest BCUT2D eigenvalue weighted by atomic mass is 9.89. The quantitative estimate of drug-likeness (QED) is 0.335. The van der Waals surface area contributed by atoms with Gasteiger partial charge in [0.2, 0.25) is 5.91 Å². The van der Waals surface area contributed by atoms with Crippen LogP contribution in [0.3, 0.4) is 0 Å². The van der Waals surface area contributed by atoms with Gasteiger partial charge >= 0.3 is 0 Å². The number of hydrogen-bond acceptors (Lipinski definition) is 4. The third kappa shape index (κ3) is 5.75. The van der Waals surface area contributed by atoms with Crippen molar-refractivity contribution in [3.8, 4) is 0 Å². The van der Waals surface area contributed by atoms with Crippen molar-refractivity contribution >= 4 is 29.7 Å². The Kier molecular flexibility index (Phi) is 7.29. The molecule has 0 radical (unpaired) electrons. The van der Waals surface area contributed by atoms with Gasteiger partial charge in [0.1, 0.15) is 0 Å². The number of carbonyl (C=O) groups is 3. The van der Waals surface area contributed by atoms with E-state index in [4.69, 9.17) is 5.21 Å². The second-order valence-electron chi connectivity index (χ2n) is 7.14. The fourth-order valence-electron chi connectivity index (χ4n) is 3.45. The van der Waals surface area contributed by atoms with Gasteiger partial charge in [0.25, 0.3) is 5.91 Å². The molecule has 1 aliphatic heterocycles. The highest BCUT2D eigenvalue weighted by molar-refractivity contribution is 5.98. The summed E-state index contributed by atoms with van der Waals surface area (Å²) in [6.07, 6.45) is 7.38. The third-order valence-electron chi connectivity index (χ3n) is 5.10. The summed E-state index contributed by atoms with van der Waals surface area (Å²) in [6.45, 7) is 1.12. The number of benzene rings is 2. The highest BCUT2D eigenvalue weighted by Crippen LogP contribution is 2.22. The summed E-state index contributed by atoms with van der Waals surface area (Å²) in [5, 5.41) is 8.52. The minimum atomic E-state index is -0.611. The number of likely N-dealkylation sites (tertiary alicyclic amines) is 1. The van der Waals surface area contributed by atoms with Gasteiger partial charge in [-0.3, -0.25) is 19.6 Å². The normalized spacial score (nSPS) is 14.9. The Morgan fingerprint density at radius 1 is 0.900 bits per heavy atom. The van der Waals surface area contributed by atoms with Crippen molar-refractivity contribution in [1.29, 1.82) is 0 Å². The molecule has 0 unspecified atom stereocenters. The van der Waals surface area contributed by atoms with Crippen LogP contribution in [0.2, 0.25) is 0 Å². The highest BCUT2D eigenvalue weighted by Gasteiger charge is 2.27. The average Bonchev–Trinajstić information content (AvgIpc) is 2.81. The lowest BCUT2D eigenvalue weighted by molar-refractivity contribution is -0.127.